The van der Waals surface area contributed by atoms with Gasteiger partial charge in [-0.1, -0.05) is 25.3 Å². The highest BCUT2D eigenvalue weighted by Gasteiger charge is 2.41. The van der Waals surface area contributed by atoms with Crippen molar-refractivity contribution in [3.05, 3.63) is 22.4 Å². The van der Waals surface area contributed by atoms with Crippen LogP contribution in [0.5, 0.6) is 0 Å². The molecule has 116 valence electrons. The van der Waals surface area contributed by atoms with Gasteiger partial charge in [0, 0.05) is 24.9 Å². The van der Waals surface area contributed by atoms with Gasteiger partial charge in [-0.3, -0.25) is 9.59 Å². The maximum absolute atomic E-state index is 12.3. The number of hydrogen-bond acceptors (Lipinski definition) is 3. The van der Waals surface area contributed by atoms with Gasteiger partial charge in [0.2, 0.25) is 5.91 Å². The Morgan fingerprint density at radius 2 is 2.05 bits per heavy atom. The Morgan fingerprint density at radius 3 is 2.62 bits per heavy atom. The Labute approximate surface area is 129 Å². The minimum atomic E-state index is -0.827. The predicted molar refractivity (Wildman–Crippen MR) is 83.4 cm³/mol. The zero-order valence-corrected chi connectivity index (χ0v) is 13.3. The molecule has 0 atom stereocenters. The number of carboxylic acids is 1. The summed E-state index contributed by atoms with van der Waals surface area (Å²) in [4.78, 5) is 26.9. The summed E-state index contributed by atoms with van der Waals surface area (Å²) < 4.78 is 0. The quantitative estimate of drug-likeness (QED) is 0.878. The minimum absolute atomic E-state index is 0.0455. The lowest BCUT2D eigenvalue weighted by Gasteiger charge is -2.33. The number of thiophene rings is 1. The third kappa shape index (κ3) is 4.06. The summed E-state index contributed by atoms with van der Waals surface area (Å²) in [6.45, 7) is 0.648. The van der Waals surface area contributed by atoms with E-state index in [0.717, 1.165) is 25.7 Å². The van der Waals surface area contributed by atoms with Crippen LogP contribution in [-0.2, 0) is 16.0 Å². The molecule has 4 nitrogen and oxygen atoms in total. The average molecular weight is 309 g/mol. The van der Waals surface area contributed by atoms with Gasteiger partial charge in [-0.25, -0.2) is 0 Å². The summed E-state index contributed by atoms with van der Waals surface area (Å²) in [5.74, 6) is -0.849. The summed E-state index contributed by atoms with van der Waals surface area (Å²) in [6.07, 6.45) is 5.15. The van der Waals surface area contributed by atoms with Crippen molar-refractivity contribution in [2.24, 2.45) is 5.41 Å². The largest absolute Gasteiger partial charge is 0.481 e. The van der Waals surface area contributed by atoms with Gasteiger partial charge in [0.15, 0.2) is 0 Å². The highest BCUT2D eigenvalue weighted by molar-refractivity contribution is 7.09. The first-order chi connectivity index (χ1) is 10.0. The van der Waals surface area contributed by atoms with E-state index in [4.69, 9.17) is 0 Å². The van der Waals surface area contributed by atoms with Gasteiger partial charge >= 0.3 is 5.97 Å². The van der Waals surface area contributed by atoms with E-state index in [1.54, 1.807) is 23.3 Å². The lowest BCUT2D eigenvalue weighted by molar-refractivity contribution is -0.155. The van der Waals surface area contributed by atoms with Gasteiger partial charge in [-0.2, -0.15) is 0 Å². The molecule has 1 fully saturated rings. The molecule has 5 heteroatoms. The van der Waals surface area contributed by atoms with Crippen LogP contribution in [-0.4, -0.2) is 35.5 Å². The van der Waals surface area contributed by atoms with Crippen molar-refractivity contribution in [2.75, 3.05) is 13.6 Å². The van der Waals surface area contributed by atoms with Crippen molar-refractivity contribution < 1.29 is 14.7 Å². The summed E-state index contributed by atoms with van der Waals surface area (Å²) in [5.41, 5.74) is -0.827. The van der Waals surface area contributed by atoms with Crippen LogP contribution in [0.3, 0.4) is 0 Å². The number of carbonyl (C=O) groups is 2. The fourth-order valence-electron chi connectivity index (χ4n) is 2.98. The van der Waals surface area contributed by atoms with Crippen LogP contribution in [0.25, 0.3) is 0 Å². The standard InChI is InChI=1S/C16H23NO3S/c1-17(10-7-13-6-5-11-21-13)14(18)12-16(15(19)20)8-3-2-4-9-16/h5-6,11H,2-4,7-10,12H2,1H3,(H,19,20). The van der Waals surface area contributed by atoms with Crippen molar-refractivity contribution in [1.82, 2.24) is 4.90 Å². The molecule has 1 N–H and O–H groups in total. The van der Waals surface area contributed by atoms with E-state index in [1.165, 1.54) is 4.88 Å². The van der Waals surface area contributed by atoms with Crippen LogP contribution in [0.15, 0.2) is 17.5 Å². The molecule has 0 aromatic carbocycles. The van der Waals surface area contributed by atoms with Gasteiger partial charge < -0.3 is 10.0 Å². The summed E-state index contributed by atoms with van der Waals surface area (Å²) >= 11 is 1.68. The number of amides is 1. The second-order valence-electron chi connectivity index (χ2n) is 5.97. The highest BCUT2D eigenvalue weighted by Crippen LogP contribution is 2.40. The summed E-state index contributed by atoms with van der Waals surface area (Å²) in [7, 11) is 1.77. The molecule has 0 bridgehead atoms. The second kappa shape index (κ2) is 7.07. The van der Waals surface area contributed by atoms with Gasteiger partial charge in [0.25, 0.3) is 0 Å². The van der Waals surface area contributed by atoms with E-state index in [1.807, 2.05) is 11.4 Å². The predicted octanol–water partition coefficient (Wildman–Crippen LogP) is 3.17. The Kier molecular flexibility index (Phi) is 5.39. The van der Waals surface area contributed by atoms with E-state index >= 15 is 0 Å². The molecule has 1 saturated carbocycles. The van der Waals surface area contributed by atoms with Crippen LogP contribution < -0.4 is 0 Å². The van der Waals surface area contributed by atoms with Crippen LogP contribution in [0, 0.1) is 5.41 Å². The maximum atomic E-state index is 12.3. The van der Waals surface area contributed by atoms with Crippen LogP contribution in [0.1, 0.15) is 43.4 Å². The molecular formula is C16H23NO3S. The fourth-order valence-corrected chi connectivity index (χ4v) is 3.67. The highest BCUT2D eigenvalue weighted by atomic mass is 32.1. The summed E-state index contributed by atoms with van der Waals surface area (Å²) in [5, 5.41) is 11.6. The van der Waals surface area contributed by atoms with Crippen LogP contribution >= 0.6 is 11.3 Å². The van der Waals surface area contributed by atoms with E-state index in [-0.39, 0.29) is 12.3 Å². The molecule has 1 amide bonds. The van der Waals surface area contributed by atoms with Gasteiger partial charge in [0.05, 0.1) is 5.41 Å². The normalized spacial score (nSPS) is 17.4. The van der Waals surface area contributed by atoms with E-state index in [9.17, 15) is 14.7 Å². The first kappa shape index (κ1) is 16.0. The van der Waals surface area contributed by atoms with Gasteiger partial charge in [0.1, 0.15) is 0 Å². The number of carboxylic acid groups (broad SMARTS) is 1. The van der Waals surface area contributed by atoms with Crippen molar-refractivity contribution in [2.45, 2.75) is 44.9 Å². The van der Waals surface area contributed by atoms with E-state index < -0.39 is 11.4 Å². The fraction of sp³-hybridized carbons (Fsp3) is 0.625. The molecule has 0 radical (unpaired) electrons. The van der Waals surface area contributed by atoms with Crippen LogP contribution in [0.2, 0.25) is 0 Å². The Morgan fingerprint density at radius 1 is 1.33 bits per heavy atom. The molecule has 1 aliphatic rings. The number of likely N-dealkylation sites (N-methyl/N-ethyl adjacent to an activating group) is 1. The first-order valence-electron chi connectivity index (χ1n) is 7.53. The Balaban J connectivity index is 1.90. The van der Waals surface area contributed by atoms with Crippen molar-refractivity contribution in [3.8, 4) is 0 Å². The topological polar surface area (TPSA) is 57.6 Å². The Bertz CT molecular complexity index is 478. The first-order valence-corrected chi connectivity index (χ1v) is 8.41. The number of nitrogens with zero attached hydrogens (tertiary/aromatic N) is 1. The third-order valence-electron chi connectivity index (χ3n) is 4.45. The van der Waals surface area contributed by atoms with Gasteiger partial charge in [-0.05, 0) is 30.7 Å². The lowest BCUT2D eigenvalue weighted by Crippen LogP contribution is -2.40. The minimum Gasteiger partial charge on any atom is -0.481 e. The molecule has 1 aromatic heterocycles. The SMILES string of the molecule is CN(CCc1cccs1)C(=O)CC1(C(=O)O)CCCCC1. The average Bonchev–Trinajstić information content (AvgIpc) is 2.98. The molecule has 0 saturated heterocycles. The molecule has 1 aromatic rings. The van der Waals surface area contributed by atoms with E-state index in [0.29, 0.717) is 19.4 Å². The molecule has 0 aliphatic heterocycles. The number of rotatable bonds is 6. The molecule has 21 heavy (non-hydrogen) atoms. The molecule has 0 spiro atoms. The van der Waals surface area contributed by atoms with Crippen molar-refractivity contribution >= 4 is 23.2 Å². The molecular weight excluding hydrogens is 286 g/mol. The monoisotopic (exact) mass is 309 g/mol. The Hall–Kier alpha value is -1.36. The lowest BCUT2D eigenvalue weighted by atomic mass is 9.71. The van der Waals surface area contributed by atoms with Crippen molar-refractivity contribution in [3.63, 3.8) is 0 Å². The van der Waals surface area contributed by atoms with Crippen LogP contribution in [0.4, 0.5) is 0 Å². The molecule has 1 aliphatic carbocycles. The third-order valence-corrected chi connectivity index (χ3v) is 5.39. The molecule has 0 unspecified atom stereocenters. The number of aliphatic carboxylic acids is 1. The number of carbonyl (C=O) groups excluding carboxylic acids is 1. The number of hydrogen-bond donors (Lipinski definition) is 1. The summed E-state index contributed by atoms with van der Waals surface area (Å²) in [6, 6.07) is 4.06. The van der Waals surface area contributed by atoms with Crippen molar-refractivity contribution in [1.29, 1.82) is 0 Å². The zero-order chi connectivity index (χ0) is 15.3. The van der Waals surface area contributed by atoms with Gasteiger partial charge in [-0.15, -0.1) is 11.3 Å². The molecule has 2 rings (SSSR count). The zero-order valence-electron chi connectivity index (χ0n) is 12.5. The van der Waals surface area contributed by atoms with E-state index in [2.05, 4.69) is 6.07 Å². The molecule has 1 heterocycles. The maximum Gasteiger partial charge on any atom is 0.310 e. The smallest absolute Gasteiger partial charge is 0.310 e. The second-order valence-corrected chi connectivity index (χ2v) is 7.00.